The minimum atomic E-state index is -0.495. The summed E-state index contributed by atoms with van der Waals surface area (Å²) in [5.74, 6) is 0.703. The predicted molar refractivity (Wildman–Crippen MR) is 153 cm³/mol. The predicted octanol–water partition coefficient (Wildman–Crippen LogP) is 6.09. The Labute approximate surface area is 232 Å². The van der Waals surface area contributed by atoms with Crippen molar-refractivity contribution in [1.82, 2.24) is 29.5 Å². The fraction of sp³-hybridized carbons (Fsp3) is 0.323. The van der Waals surface area contributed by atoms with E-state index in [9.17, 15) is 4.79 Å². The van der Waals surface area contributed by atoms with Gasteiger partial charge in [0.1, 0.15) is 17.5 Å². The Morgan fingerprint density at radius 3 is 2.52 bits per heavy atom. The highest BCUT2D eigenvalue weighted by Gasteiger charge is 2.27. The first-order valence-electron chi connectivity index (χ1n) is 13.5. The van der Waals surface area contributed by atoms with Crippen LogP contribution in [0.2, 0.25) is 0 Å². The molecular formula is C31H32N6O3. The summed E-state index contributed by atoms with van der Waals surface area (Å²) in [6, 6.07) is 14.1. The van der Waals surface area contributed by atoms with Gasteiger partial charge in [0.15, 0.2) is 5.65 Å². The maximum atomic E-state index is 12.3. The Balaban J connectivity index is 1.14. The molecule has 0 spiro atoms. The van der Waals surface area contributed by atoms with Gasteiger partial charge in [-0.25, -0.2) is 14.3 Å². The summed E-state index contributed by atoms with van der Waals surface area (Å²) in [5.41, 5.74) is 5.86. The number of likely N-dealkylation sites (tertiary alicyclic amines) is 1. The summed E-state index contributed by atoms with van der Waals surface area (Å²) in [5, 5.41) is 5.65. The quantitative estimate of drug-likeness (QED) is 0.274. The Kier molecular flexibility index (Phi) is 6.57. The number of carbonyl (C=O) groups is 1. The van der Waals surface area contributed by atoms with Crippen molar-refractivity contribution in [3.05, 3.63) is 72.9 Å². The highest BCUT2D eigenvalue weighted by molar-refractivity contribution is 5.98. The molecule has 1 aromatic carbocycles. The van der Waals surface area contributed by atoms with Crippen LogP contribution in [0.1, 0.15) is 39.3 Å². The highest BCUT2D eigenvalue weighted by atomic mass is 16.6. The van der Waals surface area contributed by atoms with Crippen LogP contribution in [0.5, 0.6) is 5.75 Å². The van der Waals surface area contributed by atoms with Gasteiger partial charge in [-0.1, -0.05) is 18.2 Å². The van der Waals surface area contributed by atoms with E-state index >= 15 is 0 Å². The lowest BCUT2D eigenvalue weighted by molar-refractivity contribution is 0.0126. The van der Waals surface area contributed by atoms with Gasteiger partial charge in [-0.3, -0.25) is 9.97 Å². The number of rotatable bonds is 4. The number of hydrogen-bond acceptors (Lipinski definition) is 7. The number of amides is 1. The summed E-state index contributed by atoms with van der Waals surface area (Å²) in [6.07, 6.45) is 8.60. The van der Waals surface area contributed by atoms with Crippen LogP contribution in [-0.4, -0.2) is 60.4 Å². The lowest BCUT2D eigenvalue weighted by Crippen LogP contribution is -2.44. The second-order valence-corrected chi connectivity index (χ2v) is 11.2. The molecule has 1 aliphatic rings. The minimum Gasteiger partial charge on any atom is -0.489 e. The molecule has 40 heavy (non-hydrogen) atoms. The molecule has 9 heteroatoms. The van der Waals surface area contributed by atoms with Crippen LogP contribution in [0.25, 0.3) is 38.9 Å². The van der Waals surface area contributed by atoms with Crippen molar-refractivity contribution >= 4 is 22.6 Å². The molecule has 0 saturated carbocycles. The highest BCUT2D eigenvalue weighted by Crippen LogP contribution is 2.31. The van der Waals surface area contributed by atoms with E-state index in [4.69, 9.17) is 14.5 Å². The number of ether oxygens (including phenoxy) is 2. The maximum Gasteiger partial charge on any atom is 0.410 e. The Morgan fingerprint density at radius 1 is 0.950 bits per heavy atom. The number of aryl methyl sites for hydroxylation is 1. The standard InChI is InChI=1S/C31H32N6O3/c1-20-8-10-25-24(6-5-7-28(25)35-20)26-18-34-37-19-21(16-33-29(26)37)27-11-9-23(17-32-27)39-22-12-14-36(15-13-22)30(38)40-31(2,3)4/h5-11,16-19,22H,12-15H2,1-4H3. The lowest BCUT2D eigenvalue weighted by atomic mass is 10.0. The van der Waals surface area contributed by atoms with Gasteiger partial charge < -0.3 is 14.4 Å². The van der Waals surface area contributed by atoms with E-state index in [2.05, 4.69) is 27.2 Å². The van der Waals surface area contributed by atoms with Gasteiger partial charge in [0.05, 0.1) is 23.6 Å². The van der Waals surface area contributed by atoms with Gasteiger partial charge >= 0.3 is 6.09 Å². The molecule has 6 rings (SSSR count). The number of hydrogen-bond donors (Lipinski definition) is 0. The molecule has 5 aromatic rings. The minimum absolute atomic E-state index is 0.0278. The van der Waals surface area contributed by atoms with E-state index in [0.717, 1.165) is 57.5 Å². The summed E-state index contributed by atoms with van der Waals surface area (Å²) in [4.78, 5) is 28.1. The maximum absolute atomic E-state index is 12.3. The second-order valence-electron chi connectivity index (χ2n) is 11.2. The number of fused-ring (bicyclic) bond motifs is 2. The van der Waals surface area contributed by atoms with E-state index in [1.807, 2.05) is 76.6 Å². The first kappa shape index (κ1) is 25.7. The molecule has 0 unspecified atom stereocenters. The Morgan fingerprint density at radius 2 is 1.77 bits per heavy atom. The third kappa shape index (κ3) is 5.32. The van der Waals surface area contributed by atoms with Gasteiger partial charge in [0.25, 0.3) is 0 Å². The molecule has 0 bridgehead atoms. The van der Waals surface area contributed by atoms with Gasteiger partial charge in [0.2, 0.25) is 0 Å². The molecule has 0 radical (unpaired) electrons. The number of pyridine rings is 2. The third-order valence-corrected chi connectivity index (χ3v) is 6.95. The van der Waals surface area contributed by atoms with E-state index in [1.54, 1.807) is 15.6 Å². The van der Waals surface area contributed by atoms with Gasteiger partial charge in [-0.05, 0) is 57.5 Å². The molecule has 4 aromatic heterocycles. The average Bonchev–Trinajstić information content (AvgIpc) is 3.35. The zero-order valence-corrected chi connectivity index (χ0v) is 23.2. The first-order valence-corrected chi connectivity index (χ1v) is 13.5. The molecule has 0 atom stereocenters. The number of piperidine rings is 1. The summed E-state index contributed by atoms with van der Waals surface area (Å²) < 4.78 is 13.4. The molecule has 1 aliphatic heterocycles. The number of aromatic nitrogens is 5. The van der Waals surface area contributed by atoms with Crippen molar-refractivity contribution in [3.8, 4) is 28.1 Å². The molecule has 1 saturated heterocycles. The molecule has 0 aliphatic carbocycles. The molecule has 5 heterocycles. The van der Waals surface area contributed by atoms with Crippen LogP contribution in [0, 0.1) is 6.92 Å². The zero-order valence-electron chi connectivity index (χ0n) is 23.2. The number of nitrogens with zero attached hydrogens (tertiary/aromatic N) is 6. The summed E-state index contributed by atoms with van der Waals surface area (Å²) in [6.45, 7) is 8.85. The van der Waals surface area contributed by atoms with Crippen LogP contribution in [0.15, 0.2) is 67.3 Å². The normalized spacial score (nSPS) is 14.6. The molecule has 1 amide bonds. The van der Waals surface area contributed by atoms with Crippen molar-refractivity contribution in [3.63, 3.8) is 0 Å². The van der Waals surface area contributed by atoms with E-state index in [0.29, 0.717) is 18.8 Å². The van der Waals surface area contributed by atoms with E-state index in [-0.39, 0.29) is 12.2 Å². The van der Waals surface area contributed by atoms with Gasteiger partial charge in [-0.2, -0.15) is 5.10 Å². The third-order valence-electron chi connectivity index (χ3n) is 6.95. The van der Waals surface area contributed by atoms with E-state index < -0.39 is 5.60 Å². The SMILES string of the molecule is Cc1ccc2c(-c3cnn4cc(-c5ccc(OC6CCN(C(=O)OC(C)(C)C)CC6)cn5)cnc34)cccc2n1. The Bertz CT molecular complexity index is 1680. The van der Waals surface area contributed by atoms with Crippen LogP contribution in [0.3, 0.4) is 0 Å². The van der Waals surface area contributed by atoms with Crippen LogP contribution in [-0.2, 0) is 4.74 Å². The Hall–Kier alpha value is -4.53. The molecule has 1 fully saturated rings. The molecule has 9 nitrogen and oxygen atoms in total. The first-order chi connectivity index (χ1) is 19.2. The van der Waals surface area contributed by atoms with Crippen molar-refractivity contribution in [2.75, 3.05) is 13.1 Å². The second kappa shape index (κ2) is 10.2. The lowest BCUT2D eigenvalue weighted by Gasteiger charge is -2.33. The van der Waals surface area contributed by atoms with Gasteiger partial charge in [-0.15, -0.1) is 0 Å². The zero-order chi connectivity index (χ0) is 27.9. The van der Waals surface area contributed by atoms with Crippen molar-refractivity contribution < 1.29 is 14.3 Å². The van der Waals surface area contributed by atoms with E-state index in [1.165, 1.54) is 0 Å². The molecular weight excluding hydrogens is 504 g/mol. The summed E-state index contributed by atoms with van der Waals surface area (Å²) in [7, 11) is 0. The van der Waals surface area contributed by atoms with Crippen molar-refractivity contribution in [1.29, 1.82) is 0 Å². The largest absolute Gasteiger partial charge is 0.489 e. The van der Waals surface area contributed by atoms with Crippen LogP contribution >= 0.6 is 0 Å². The molecule has 204 valence electrons. The fourth-order valence-electron chi connectivity index (χ4n) is 4.98. The fourth-order valence-corrected chi connectivity index (χ4v) is 4.98. The van der Waals surface area contributed by atoms with Crippen molar-refractivity contribution in [2.45, 2.75) is 52.2 Å². The van der Waals surface area contributed by atoms with Crippen molar-refractivity contribution in [2.24, 2.45) is 0 Å². The van der Waals surface area contributed by atoms with Gasteiger partial charge in [0, 0.05) is 60.5 Å². The van der Waals surface area contributed by atoms with Crippen LogP contribution < -0.4 is 4.74 Å². The topological polar surface area (TPSA) is 94.7 Å². The molecule has 0 N–H and O–H groups in total. The van der Waals surface area contributed by atoms with Crippen LogP contribution in [0.4, 0.5) is 4.79 Å². The average molecular weight is 537 g/mol. The smallest absolute Gasteiger partial charge is 0.410 e. The summed E-state index contributed by atoms with van der Waals surface area (Å²) >= 11 is 0. The number of benzene rings is 1. The monoisotopic (exact) mass is 536 g/mol. The number of carbonyl (C=O) groups excluding carboxylic acids is 1.